The number of allylic oxidation sites excluding steroid dienone is 1. The van der Waals surface area contributed by atoms with Gasteiger partial charge in [-0.2, -0.15) is 0 Å². The average Bonchev–Trinajstić information content (AvgIpc) is 3.43. The fourth-order valence-corrected chi connectivity index (χ4v) is 9.65. The van der Waals surface area contributed by atoms with Crippen LogP contribution >= 0.6 is 23.5 Å². The molecule has 1 fully saturated rings. The first-order valence-electron chi connectivity index (χ1n) is 11.4. The van der Waals surface area contributed by atoms with E-state index in [1.807, 2.05) is 6.92 Å². The van der Waals surface area contributed by atoms with Crippen LogP contribution in [0.5, 0.6) is 0 Å². The summed E-state index contributed by atoms with van der Waals surface area (Å²) in [5.41, 5.74) is -2.16. The lowest BCUT2D eigenvalue weighted by Crippen LogP contribution is -2.79. The quantitative estimate of drug-likeness (QED) is 0.303. The van der Waals surface area contributed by atoms with E-state index in [1.54, 1.807) is 34.9 Å². The van der Waals surface area contributed by atoms with E-state index >= 15 is 0 Å². The topological polar surface area (TPSA) is 168 Å². The van der Waals surface area contributed by atoms with Crippen molar-refractivity contribution >= 4 is 45.1 Å². The Bertz CT molecular complexity index is 1360. The number of hydrogen-bond donors (Lipinski definition) is 0. The van der Waals surface area contributed by atoms with Crippen LogP contribution in [-0.4, -0.2) is 93.8 Å². The smallest absolute Gasteiger partial charge is 0.263 e. The lowest BCUT2D eigenvalue weighted by atomic mass is 9.81. The monoisotopic (exact) mass is 571 g/mol. The number of aromatic nitrogens is 8. The van der Waals surface area contributed by atoms with Crippen LogP contribution < -0.4 is 0 Å². The predicted octanol–water partition coefficient (Wildman–Crippen LogP) is 0.595. The summed E-state index contributed by atoms with van der Waals surface area (Å²) < 4.78 is 35.8. The van der Waals surface area contributed by atoms with Crippen molar-refractivity contribution in [3.8, 4) is 0 Å². The molecule has 0 radical (unpaired) electrons. The van der Waals surface area contributed by atoms with Gasteiger partial charge in [0.2, 0.25) is 10.3 Å². The van der Waals surface area contributed by atoms with E-state index in [0.717, 1.165) is 16.7 Å². The average molecular weight is 572 g/mol. The number of hydrogen-bond acceptors (Lipinski definition) is 13. The molecule has 0 bridgehead atoms. The number of ketones is 1. The van der Waals surface area contributed by atoms with Gasteiger partial charge >= 0.3 is 0 Å². The number of thioether (sulfide) groups is 2. The van der Waals surface area contributed by atoms with Gasteiger partial charge in [-0.1, -0.05) is 57.6 Å². The number of sulfone groups is 1. The number of aryl methyl sites for hydroxylation is 2. The second-order valence-corrected chi connectivity index (χ2v) is 14.2. The third kappa shape index (κ3) is 4.38. The van der Waals surface area contributed by atoms with Crippen LogP contribution in [0.1, 0.15) is 40.5 Å². The van der Waals surface area contributed by atoms with Gasteiger partial charge in [-0.15, -0.1) is 10.2 Å². The SMILES string of the molecule is CCC[C@@]1(OC)C(=O)N2C(C(=O)C(C)(C)C)=C(CSc3nnnn3C)C(Sc3nnnn3C)S(=O)(=O)[C@@H]21. The Hall–Kier alpha value is -2.37. The first kappa shape index (κ1) is 27.7. The summed E-state index contributed by atoms with van der Waals surface area (Å²) in [4.78, 5) is 28.6. The Kier molecular flexibility index (Phi) is 7.28. The van der Waals surface area contributed by atoms with Crippen LogP contribution in [0.3, 0.4) is 0 Å². The fourth-order valence-electron chi connectivity index (χ4n) is 4.45. The molecule has 2 aromatic rings. The largest absolute Gasteiger partial charge is 0.365 e. The highest BCUT2D eigenvalue weighted by Crippen LogP contribution is 2.53. The van der Waals surface area contributed by atoms with E-state index < -0.39 is 36.7 Å². The molecule has 0 saturated carbocycles. The Morgan fingerprint density at radius 2 is 1.70 bits per heavy atom. The molecule has 3 atom stereocenters. The van der Waals surface area contributed by atoms with Crippen molar-refractivity contribution < 1.29 is 22.7 Å². The number of ether oxygens (including phenoxy) is 1. The molecule has 0 aliphatic carbocycles. The zero-order valence-corrected chi connectivity index (χ0v) is 24.0. The molecule has 4 rings (SSSR count). The molecule has 2 aromatic heterocycles. The van der Waals surface area contributed by atoms with E-state index in [2.05, 4.69) is 31.1 Å². The summed E-state index contributed by atoms with van der Waals surface area (Å²) in [6, 6.07) is 0. The summed E-state index contributed by atoms with van der Waals surface area (Å²) in [7, 11) is 0.435. The number of β-lactam (4-membered cyclic amide) rings is 1. The lowest BCUT2D eigenvalue weighted by molar-refractivity contribution is -0.185. The summed E-state index contributed by atoms with van der Waals surface area (Å²) in [6.07, 6.45) is 0.704. The van der Waals surface area contributed by atoms with Crippen LogP contribution in [0.15, 0.2) is 21.6 Å². The third-order valence-corrected chi connectivity index (χ3v) is 11.6. The number of amides is 1. The molecule has 202 valence electrons. The standard InChI is InChI=1S/C20H29N9O5S3/c1-8-9-20(34-7)15(31)29-12(13(30)19(2,3)4)11(10-35-17-21-23-25-27(17)5)14(37(32,33)16(20)29)36-18-22-24-26-28(18)6/h14,16H,8-10H2,1-7H3/t14?,16-,20-/m1/s1. The maximum absolute atomic E-state index is 14.3. The highest BCUT2D eigenvalue weighted by atomic mass is 32.3. The van der Waals surface area contributed by atoms with Crippen LogP contribution in [0, 0.1) is 5.41 Å². The number of tetrazole rings is 2. The number of carbonyl (C=O) groups excluding carboxylic acids is 2. The van der Waals surface area contributed by atoms with Gasteiger partial charge in [0.1, 0.15) is 4.58 Å². The molecule has 0 aromatic carbocycles. The van der Waals surface area contributed by atoms with E-state index in [9.17, 15) is 18.0 Å². The number of Topliss-reactive ketones (excluding diaryl/α,β-unsaturated/α-hetero) is 1. The van der Waals surface area contributed by atoms with Gasteiger partial charge < -0.3 is 4.74 Å². The molecule has 0 N–H and O–H groups in total. The van der Waals surface area contributed by atoms with E-state index in [1.165, 1.54) is 28.2 Å². The molecular formula is C20H29N9O5S3. The molecule has 4 heterocycles. The first-order chi connectivity index (χ1) is 17.3. The van der Waals surface area contributed by atoms with Crippen molar-refractivity contribution in [3.05, 3.63) is 11.3 Å². The highest BCUT2D eigenvalue weighted by Gasteiger charge is 2.72. The van der Waals surface area contributed by atoms with Crippen LogP contribution in [-0.2, 0) is 38.3 Å². The molecule has 1 saturated heterocycles. The summed E-state index contributed by atoms with van der Waals surface area (Å²) in [6.45, 7) is 7.03. The minimum absolute atomic E-state index is 0.0395. The zero-order valence-electron chi connectivity index (χ0n) is 21.6. The Morgan fingerprint density at radius 3 is 2.19 bits per heavy atom. The highest BCUT2D eigenvalue weighted by molar-refractivity contribution is 8.14. The van der Waals surface area contributed by atoms with E-state index in [0.29, 0.717) is 11.6 Å². The lowest BCUT2D eigenvalue weighted by Gasteiger charge is -2.57. The fraction of sp³-hybridized carbons (Fsp3) is 0.700. The molecule has 0 spiro atoms. The second kappa shape index (κ2) is 9.74. The predicted molar refractivity (Wildman–Crippen MR) is 134 cm³/mol. The molecule has 1 amide bonds. The molecule has 2 aliphatic rings. The van der Waals surface area contributed by atoms with Crippen molar-refractivity contribution in [2.24, 2.45) is 19.5 Å². The first-order valence-corrected chi connectivity index (χ1v) is 14.9. The Morgan fingerprint density at radius 1 is 1.11 bits per heavy atom. The van der Waals surface area contributed by atoms with Crippen molar-refractivity contribution in [2.75, 3.05) is 12.9 Å². The normalized spacial score (nSPS) is 25.3. The maximum atomic E-state index is 14.3. The minimum atomic E-state index is -4.14. The van der Waals surface area contributed by atoms with Gasteiger partial charge in [-0.05, 0) is 32.8 Å². The summed E-state index contributed by atoms with van der Waals surface area (Å²) in [5.74, 6) is -0.849. The minimum Gasteiger partial charge on any atom is -0.365 e. The van der Waals surface area contributed by atoms with Gasteiger partial charge in [-0.3, -0.25) is 14.5 Å². The maximum Gasteiger partial charge on any atom is 0.263 e. The van der Waals surface area contributed by atoms with Gasteiger partial charge in [0, 0.05) is 32.4 Å². The van der Waals surface area contributed by atoms with Crippen molar-refractivity contribution in [1.82, 2.24) is 45.3 Å². The van der Waals surface area contributed by atoms with Gasteiger partial charge in [0.05, 0.1) is 5.70 Å². The Balaban J connectivity index is 1.95. The zero-order chi connectivity index (χ0) is 27.3. The molecule has 2 aliphatic heterocycles. The molecule has 1 unspecified atom stereocenters. The molecule has 37 heavy (non-hydrogen) atoms. The van der Waals surface area contributed by atoms with Crippen molar-refractivity contribution in [1.29, 1.82) is 0 Å². The number of carbonyl (C=O) groups is 2. The number of nitrogens with zero attached hydrogens (tertiary/aromatic N) is 9. The Labute approximate surface area is 222 Å². The van der Waals surface area contributed by atoms with Crippen LogP contribution in [0.25, 0.3) is 0 Å². The van der Waals surface area contributed by atoms with Gasteiger partial charge in [0.25, 0.3) is 5.91 Å². The van der Waals surface area contributed by atoms with Crippen LogP contribution in [0.4, 0.5) is 0 Å². The van der Waals surface area contributed by atoms with Gasteiger partial charge in [-0.25, -0.2) is 17.8 Å². The number of fused-ring (bicyclic) bond motifs is 1. The van der Waals surface area contributed by atoms with Crippen molar-refractivity contribution in [3.63, 3.8) is 0 Å². The summed E-state index contributed by atoms with van der Waals surface area (Å²) in [5, 5.41) is 22.1. The molecule has 14 nitrogen and oxygen atoms in total. The number of methoxy groups -OCH3 is 1. The third-order valence-electron chi connectivity index (χ3n) is 6.27. The van der Waals surface area contributed by atoms with Gasteiger partial charge in [0.15, 0.2) is 26.6 Å². The van der Waals surface area contributed by atoms with E-state index in [4.69, 9.17) is 4.74 Å². The second-order valence-electron chi connectivity index (χ2n) is 9.82. The molecular weight excluding hydrogens is 542 g/mol. The van der Waals surface area contributed by atoms with E-state index in [-0.39, 0.29) is 34.4 Å². The van der Waals surface area contributed by atoms with Crippen molar-refractivity contribution in [2.45, 2.75) is 66.4 Å². The molecule has 17 heteroatoms. The summed E-state index contributed by atoms with van der Waals surface area (Å²) >= 11 is 2.09. The number of rotatable bonds is 9. The van der Waals surface area contributed by atoms with Crippen LogP contribution in [0.2, 0.25) is 0 Å².